The number of imide groups is 1. The van der Waals surface area contributed by atoms with Gasteiger partial charge in [-0.1, -0.05) is 42.5 Å². The zero-order chi connectivity index (χ0) is 36.2. The highest BCUT2D eigenvalue weighted by Crippen LogP contribution is 2.40. The molecule has 0 bridgehead atoms. The minimum absolute atomic E-state index is 0.265. The van der Waals surface area contributed by atoms with Gasteiger partial charge >= 0.3 is 6.09 Å². The van der Waals surface area contributed by atoms with E-state index in [0.29, 0.717) is 46.9 Å². The number of aromatic nitrogens is 2. The Balaban J connectivity index is 1.20. The van der Waals surface area contributed by atoms with Crippen molar-refractivity contribution in [3.8, 4) is 17.2 Å². The van der Waals surface area contributed by atoms with Gasteiger partial charge in [0.25, 0.3) is 11.8 Å². The number of methoxy groups -OCH3 is 2. The first kappa shape index (κ1) is 35.5. The SMILES string of the molecule is COc1ccc([C@@H](CCCNC(=O)Oc2c(C)nn(C)c2C)N2C(=O)c3cccc(N4CCN([C@H](C)c5ccccc5)CC4)c3C2=O)cc1OC. The number of carbonyl (C=O) groups excluding carboxylic acids is 3. The van der Waals surface area contributed by atoms with Gasteiger partial charge in [-0.25, -0.2) is 4.79 Å². The second kappa shape index (κ2) is 15.3. The van der Waals surface area contributed by atoms with Gasteiger partial charge in [0.2, 0.25) is 0 Å². The maximum atomic E-state index is 14.4. The summed E-state index contributed by atoms with van der Waals surface area (Å²) in [7, 11) is 4.89. The fourth-order valence-corrected chi connectivity index (χ4v) is 7.15. The molecule has 0 radical (unpaired) electrons. The summed E-state index contributed by atoms with van der Waals surface area (Å²) >= 11 is 0. The molecule has 12 heteroatoms. The molecule has 12 nitrogen and oxygen atoms in total. The van der Waals surface area contributed by atoms with Crippen LogP contribution in [0.15, 0.2) is 66.7 Å². The molecule has 0 saturated carbocycles. The zero-order valence-corrected chi connectivity index (χ0v) is 30.1. The van der Waals surface area contributed by atoms with E-state index in [1.54, 1.807) is 51.1 Å². The predicted octanol–water partition coefficient (Wildman–Crippen LogP) is 5.84. The van der Waals surface area contributed by atoms with Gasteiger partial charge in [0.1, 0.15) is 5.69 Å². The van der Waals surface area contributed by atoms with Gasteiger partial charge in [0.15, 0.2) is 17.2 Å². The van der Waals surface area contributed by atoms with Crippen molar-refractivity contribution in [3.63, 3.8) is 0 Å². The van der Waals surface area contributed by atoms with E-state index >= 15 is 0 Å². The number of benzene rings is 3. The number of hydrogen-bond donors (Lipinski definition) is 1. The molecule has 2 atom stereocenters. The maximum Gasteiger partial charge on any atom is 0.412 e. The zero-order valence-electron chi connectivity index (χ0n) is 30.1. The van der Waals surface area contributed by atoms with E-state index < -0.39 is 12.1 Å². The van der Waals surface area contributed by atoms with Crippen molar-refractivity contribution in [2.45, 2.75) is 45.7 Å². The van der Waals surface area contributed by atoms with E-state index in [2.05, 4.69) is 51.4 Å². The van der Waals surface area contributed by atoms with E-state index in [1.807, 2.05) is 31.2 Å². The molecule has 2 aliphatic rings. The molecule has 0 spiro atoms. The van der Waals surface area contributed by atoms with Crippen molar-refractivity contribution in [3.05, 3.63) is 100 Å². The van der Waals surface area contributed by atoms with Crippen LogP contribution < -0.4 is 24.4 Å². The van der Waals surface area contributed by atoms with Gasteiger partial charge in [-0.3, -0.25) is 24.1 Å². The van der Waals surface area contributed by atoms with Gasteiger partial charge in [0, 0.05) is 45.8 Å². The van der Waals surface area contributed by atoms with Crippen LogP contribution in [-0.4, -0.2) is 84.4 Å². The Morgan fingerprint density at radius 3 is 2.27 bits per heavy atom. The summed E-state index contributed by atoms with van der Waals surface area (Å²) in [5.74, 6) is 0.773. The number of anilines is 1. The Hall–Kier alpha value is -5.36. The second-order valence-electron chi connectivity index (χ2n) is 13.0. The van der Waals surface area contributed by atoms with Crippen LogP contribution in [-0.2, 0) is 7.05 Å². The Bertz CT molecular complexity index is 1900. The molecule has 6 rings (SSSR count). The monoisotopic (exact) mass is 694 g/mol. The van der Waals surface area contributed by atoms with Crippen LogP contribution in [0.4, 0.5) is 10.5 Å². The number of aryl methyl sites for hydroxylation is 2. The Labute approximate surface area is 298 Å². The van der Waals surface area contributed by atoms with Crippen LogP contribution in [0.3, 0.4) is 0 Å². The molecule has 2 aliphatic heterocycles. The number of carbonyl (C=O) groups is 3. The average molecular weight is 695 g/mol. The molecule has 3 heterocycles. The third-order valence-electron chi connectivity index (χ3n) is 10.1. The second-order valence-corrected chi connectivity index (χ2v) is 13.0. The average Bonchev–Trinajstić information content (AvgIpc) is 3.55. The van der Waals surface area contributed by atoms with Crippen molar-refractivity contribution in [2.75, 3.05) is 51.8 Å². The lowest BCUT2D eigenvalue weighted by molar-refractivity contribution is 0.0571. The smallest absolute Gasteiger partial charge is 0.412 e. The number of amides is 3. The standard InChI is InChI=1S/C39H46N6O6/c1-25-36(27(3)42(4)41-25)51-39(48)40-19-11-16-31(29-17-18-33(49-5)34(24-29)50-6)45-37(46)30-14-10-15-32(35(30)38(45)47)44-22-20-43(21-23-44)26(2)28-12-8-7-9-13-28/h7-10,12-15,17-18,24,26,31H,11,16,19-23H2,1-6H3,(H,40,48)/t26-,31-/m1/s1. The molecule has 1 aromatic heterocycles. The van der Waals surface area contributed by atoms with Crippen molar-refractivity contribution >= 4 is 23.6 Å². The van der Waals surface area contributed by atoms with Crippen LogP contribution in [0.5, 0.6) is 17.2 Å². The first-order valence-electron chi connectivity index (χ1n) is 17.4. The molecule has 3 amide bonds. The normalized spacial score (nSPS) is 15.8. The number of piperazine rings is 1. The van der Waals surface area contributed by atoms with Crippen molar-refractivity contribution < 1.29 is 28.6 Å². The quantitative estimate of drug-likeness (QED) is 0.144. The number of hydrogen-bond acceptors (Lipinski definition) is 9. The Kier molecular flexibility index (Phi) is 10.6. The van der Waals surface area contributed by atoms with Crippen molar-refractivity contribution in [1.82, 2.24) is 24.9 Å². The van der Waals surface area contributed by atoms with Gasteiger partial charge in [-0.15, -0.1) is 0 Å². The van der Waals surface area contributed by atoms with Gasteiger partial charge in [0.05, 0.1) is 42.8 Å². The number of fused-ring (bicyclic) bond motifs is 1. The number of nitrogens with one attached hydrogen (secondary N) is 1. The lowest BCUT2D eigenvalue weighted by atomic mass is 9.99. The molecule has 3 aromatic carbocycles. The number of ether oxygens (including phenoxy) is 3. The summed E-state index contributed by atoms with van der Waals surface area (Å²) in [6.07, 6.45) is 0.249. The topological polar surface area (TPSA) is 118 Å². The lowest BCUT2D eigenvalue weighted by Crippen LogP contribution is -2.47. The summed E-state index contributed by atoms with van der Waals surface area (Å²) in [4.78, 5) is 47.3. The number of rotatable bonds is 12. The van der Waals surface area contributed by atoms with Crippen LogP contribution in [0, 0.1) is 13.8 Å². The maximum absolute atomic E-state index is 14.4. The summed E-state index contributed by atoms with van der Waals surface area (Å²) in [6, 6.07) is 21.1. The molecule has 4 aromatic rings. The van der Waals surface area contributed by atoms with Crippen LogP contribution in [0.1, 0.15) is 75.1 Å². The Morgan fingerprint density at radius 1 is 0.882 bits per heavy atom. The summed E-state index contributed by atoms with van der Waals surface area (Å²) in [6.45, 7) is 9.22. The minimum Gasteiger partial charge on any atom is -0.493 e. The molecule has 1 saturated heterocycles. The van der Waals surface area contributed by atoms with E-state index in [9.17, 15) is 14.4 Å². The molecule has 1 N–H and O–H groups in total. The molecule has 0 aliphatic carbocycles. The fourth-order valence-electron chi connectivity index (χ4n) is 7.15. The lowest BCUT2D eigenvalue weighted by Gasteiger charge is -2.39. The highest BCUT2D eigenvalue weighted by atomic mass is 16.6. The van der Waals surface area contributed by atoms with Gasteiger partial charge in [-0.05, 0) is 69.0 Å². The molecule has 51 heavy (non-hydrogen) atoms. The van der Waals surface area contributed by atoms with Crippen molar-refractivity contribution in [2.24, 2.45) is 7.05 Å². The first-order valence-corrected chi connectivity index (χ1v) is 17.4. The highest BCUT2D eigenvalue weighted by molar-refractivity contribution is 6.24. The van der Waals surface area contributed by atoms with Crippen LogP contribution in [0.2, 0.25) is 0 Å². The molecule has 1 fully saturated rings. The molecular weight excluding hydrogens is 648 g/mol. The van der Waals surface area contributed by atoms with E-state index in [1.165, 1.54) is 10.5 Å². The van der Waals surface area contributed by atoms with E-state index in [-0.39, 0.29) is 24.4 Å². The summed E-state index contributed by atoms with van der Waals surface area (Å²) < 4.78 is 18.3. The van der Waals surface area contributed by atoms with E-state index in [4.69, 9.17) is 14.2 Å². The van der Waals surface area contributed by atoms with E-state index in [0.717, 1.165) is 43.1 Å². The molecular formula is C39H46N6O6. The molecule has 268 valence electrons. The molecule has 0 unspecified atom stereocenters. The largest absolute Gasteiger partial charge is 0.493 e. The fraction of sp³-hybridized carbons (Fsp3) is 0.385. The summed E-state index contributed by atoms with van der Waals surface area (Å²) in [5, 5.41) is 7.10. The first-order chi connectivity index (χ1) is 24.6. The highest BCUT2D eigenvalue weighted by Gasteiger charge is 2.43. The van der Waals surface area contributed by atoms with Crippen molar-refractivity contribution in [1.29, 1.82) is 0 Å². The van der Waals surface area contributed by atoms with Gasteiger partial charge < -0.3 is 24.4 Å². The summed E-state index contributed by atoms with van der Waals surface area (Å²) in [5.41, 5.74) is 4.95. The number of nitrogens with zero attached hydrogens (tertiary/aromatic N) is 5. The van der Waals surface area contributed by atoms with Gasteiger partial charge in [-0.2, -0.15) is 5.10 Å². The predicted molar refractivity (Wildman–Crippen MR) is 194 cm³/mol. The third-order valence-corrected chi connectivity index (χ3v) is 10.1. The van der Waals surface area contributed by atoms with Crippen LogP contribution >= 0.6 is 0 Å². The minimum atomic E-state index is -0.630. The Morgan fingerprint density at radius 2 is 1.61 bits per heavy atom. The van der Waals surface area contributed by atoms with Crippen LogP contribution in [0.25, 0.3) is 0 Å². The third kappa shape index (κ3) is 7.14.